The quantitative estimate of drug-likeness (QED) is 0.541. The average Bonchev–Trinajstić information content (AvgIpc) is 2.01. The summed E-state index contributed by atoms with van der Waals surface area (Å²) in [6, 6.07) is 3.18. The van der Waals surface area contributed by atoms with Gasteiger partial charge in [-0.15, -0.1) is 0 Å². The van der Waals surface area contributed by atoms with E-state index in [0.717, 1.165) is 5.56 Å². The van der Waals surface area contributed by atoms with Crippen LogP contribution >= 0.6 is 0 Å². The smallest absolute Gasteiger partial charge is 0.339 e. The first kappa shape index (κ1) is 9.54. The lowest BCUT2D eigenvalue weighted by Gasteiger charge is -2.06. The Kier molecular flexibility index (Phi) is 2.53. The van der Waals surface area contributed by atoms with Crippen LogP contribution in [-0.2, 0) is 0 Å². The fourth-order valence-corrected chi connectivity index (χ4v) is 1.27. The van der Waals surface area contributed by atoms with Gasteiger partial charge in [-0.2, -0.15) is 0 Å². The lowest BCUT2D eigenvalue weighted by Crippen LogP contribution is -2.03. The van der Waals surface area contributed by atoms with E-state index >= 15 is 0 Å². The highest BCUT2D eigenvalue weighted by Gasteiger charge is 2.15. The number of benzene rings is 1. The molecule has 1 aromatic carbocycles. The molecule has 0 amide bonds. The molecular weight excluding hydrogens is 172 g/mol. The SMILES string of the molecule is Cc1cc(C)c(C(=O)O)c(OO)c1. The summed E-state index contributed by atoms with van der Waals surface area (Å²) in [5.74, 6) is -1.13. The maximum Gasteiger partial charge on any atom is 0.339 e. The topological polar surface area (TPSA) is 66.8 Å². The van der Waals surface area contributed by atoms with E-state index in [-0.39, 0.29) is 11.3 Å². The number of hydrogen-bond donors (Lipinski definition) is 2. The van der Waals surface area contributed by atoms with Crippen molar-refractivity contribution in [3.63, 3.8) is 0 Å². The largest absolute Gasteiger partial charge is 0.478 e. The van der Waals surface area contributed by atoms with Crippen molar-refractivity contribution >= 4 is 5.97 Å². The van der Waals surface area contributed by atoms with Crippen LogP contribution in [0, 0.1) is 13.8 Å². The van der Waals surface area contributed by atoms with Crippen molar-refractivity contribution in [1.82, 2.24) is 0 Å². The Labute approximate surface area is 75.3 Å². The molecule has 0 atom stereocenters. The van der Waals surface area contributed by atoms with E-state index < -0.39 is 5.97 Å². The zero-order valence-electron chi connectivity index (χ0n) is 7.37. The second kappa shape index (κ2) is 3.45. The maximum absolute atomic E-state index is 10.7. The Morgan fingerprint density at radius 3 is 2.46 bits per heavy atom. The molecule has 0 heterocycles. The van der Waals surface area contributed by atoms with Crippen molar-refractivity contribution < 1.29 is 20.0 Å². The highest BCUT2D eigenvalue weighted by atomic mass is 17.1. The van der Waals surface area contributed by atoms with Crippen LogP contribution in [0.5, 0.6) is 5.75 Å². The Hall–Kier alpha value is -1.55. The first-order chi connectivity index (χ1) is 6.06. The van der Waals surface area contributed by atoms with Crippen molar-refractivity contribution in [2.45, 2.75) is 13.8 Å². The molecule has 70 valence electrons. The number of carboxylic acids is 1. The first-order valence-electron chi connectivity index (χ1n) is 3.72. The third-order valence-electron chi connectivity index (χ3n) is 1.76. The predicted molar refractivity (Wildman–Crippen MR) is 46.1 cm³/mol. The van der Waals surface area contributed by atoms with Gasteiger partial charge in [0.2, 0.25) is 0 Å². The van der Waals surface area contributed by atoms with Crippen LogP contribution in [0.1, 0.15) is 21.5 Å². The van der Waals surface area contributed by atoms with Gasteiger partial charge in [-0.1, -0.05) is 6.07 Å². The highest BCUT2D eigenvalue weighted by Crippen LogP contribution is 2.23. The second-order valence-corrected chi connectivity index (χ2v) is 2.85. The maximum atomic E-state index is 10.7. The van der Waals surface area contributed by atoms with Crippen LogP contribution in [0.2, 0.25) is 0 Å². The fourth-order valence-electron chi connectivity index (χ4n) is 1.27. The average molecular weight is 182 g/mol. The van der Waals surface area contributed by atoms with Crippen LogP contribution in [0.25, 0.3) is 0 Å². The molecule has 0 spiro atoms. The zero-order valence-corrected chi connectivity index (χ0v) is 7.37. The van der Waals surface area contributed by atoms with E-state index in [0.29, 0.717) is 5.56 Å². The standard InChI is InChI=1S/C9H10O4/c1-5-3-6(2)8(9(10)11)7(4-5)13-12/h3-4,12H,1-2H3,(H,10,11). The van der Waals surface area contributed by atoms with E-state index in [4.69, 9.17) is 10.4 Å². The molecule has 0 saturated heterocycles. The molecule has 1 aromatic rings. The molecular formula is C9H10O4. The van der Waals surface area contributed by atoms with Gasteiger partial charge in [-0.3, -0.25) is 0 Å². The Morgan fingerprint density at radius 1 is 1.38 bits per heavy atom. The molecule has 2 N–H and O–H groups in total. The second-order valence-electron chi connectivity index (χ2n) is 2.85. The van der Waals surface area contributed by atoms with Crippen LogP contribution in [-0.4, -0.2) is 16.3 Å². The minimum Gasteiger partial charge on any atom is -0.478 e. The zero-order chi connectivity index (χ0) is 10.0. The van der Waals surface area contributed by atoms with Gasteiger partial charge >= 0.3 is 5.97 Å². The molecule has 0 fully saturated rings. The number of carboxylic acid groups (broad SMARTS) is 1. The molecule has 4 nitrogen and oxygen atoms in total. The summed E-state index contributed by atoms with van der Waals surface area (Å²) in [6.45, 7) is 3.44. The third-order valence-corrected chi connectivity index (χ3v) is 1.76. The van der Waals surface area contributed by atoms with E-state index in [1.54, 1.807) is 19.9 Å². The van der Waals surface area contributed by atoms with Crippen LogP contribution in [0.15, 0.2) is 12.1 Å². The molecule has 0 aliphatic rings. The summed E-state index contributed by atoms with van der Waals surface area (Å²) < 4.78 is 0. The Balaban J connectivity index is 3.38. The number of hydrogen-bond acceptors (Lipinski definition) is 3. The summed E-state index contributed by atoms with van der Waals surface area (Å²) in [5, 5.41) is 17.2. The lowest BCUT2D eigenvalue weighted by molar-refractivity contribution is -0.138. The fraction of sp³-hybridized carbons (Fsp3) is 0.222. The monoisotopic (exact) mass is 182 g/mol. The van der Waals surface area contributed by atoms with Crippen molar-refractivity contribution in [3.05, 3.63) is 28.8 Å². The molecule has 1 rings (SSSR count). The van der Waals surface area contributed by atoms with E-state index in [9.17, 15) is 4.79 Å². The molecule has 0 aliphatic carbocycles. The van der Waals surface area contributed by atoms with E-state index in [2.05, 4.69) is 4.89 Å². The highest BCUT2D eigenvalue weighted by molar-refractivity contribution is 5.92. The Morgan fingerprint density at radius 2 is 2.00 bits per heavy atom. The van der Waals surface area contributed by atoms with Gasteiger partial charge < -0.3 is 9.99 Å². The van der Waals surface area contributed by atoms with Gasteiger partial charge in [0.15, 0.2) is 5.75 Å². The molecule has 4 heteroatoms. The molecule has 0 saturated carbocycles. The normalized spacial score (nSPS) is 9.77. The van der Waals surface area contributed by atoms with Crippen molar-refractivity contribution in [1.29, 1.82) is 0 Å². The number of carbonyl (C=O) groups is 1. The lowest BCUT2D eigenvalue weighted by atomic mass is 10.0. The molecule has 0 aliphatic heterocycles. The number of aryl methyl sites for hydroxylation is 2. The number of aromatic carboxylic acids is 1. The molecule has 13 heavy (non-hydrogen) atoms. The number of rotatable bonds is 2. The summed E-state index contributed by atoms with van der Waals surface area (Å²) in [4.78, 5) is 14.7. The predicted octanol–water partition coefficient (Wildman–Crippen LogP) is 1.85. The van der Waals surface area contributed by atoms with Crippen LogP contribution in [0.4, 0.5) is 0 Å². The molecule has 0 bridgehead atoms. The minimum atomic E-state index is -1.11. The summed E-state index contributed by atoms with van der Waals surface area (Å²) in [7, 11) is 0. The summed E-state index contributed by atoms with van der Waals surface area (Å²) in [5.41, 5.74) is 1.40. The summed E-state index contributed by atoms with van der Waals surface area (Å²) in [6.07, 6.45) is 0. The van der Waals surface area contributed by atoms with Gasteiger partial charge in [-0.25, -0.2) is 10.1 Å². The van der Waals surface area contributed by atoms with Crippen molar-refractivity contribution in [2.24, 2.45) is 0 Å². The molecule has 0 radical (unpaired) electrons. The van der Waals surface area contributed by atoms with Gasteiger partial charge in [0.25, 0.3) is 0 Å². The molecule has 0 aromatic heterocycles. The Bertz CT molecular complexity index is 344. The first-order valence-corrected chi connectivity index (χ1v) is 3.72. The van der Waals surface area contributed by atoms with Gasteiger partial charge in [0.1, 0.15) is 5.56 Å². The van der Waals surface area contributed by atoms with Crippen LogP contribution < -0.4 is 4.89 Å². The third kappa shape index (κ3) is 1.78. The summed E-state index contributed by atoms with van der Waals surface area (Å²) >= 11 is 0. The van der Waals surface area contributed by atoms with Crippen molar-refractivity contribution in [2.75, 3.05) is 0 Å². The van der Waals surface area contributed by atoms with Gasteiger partial charge in [-0.05, 0) is 31.0 Å². The van der Waals surface area contributed by atoms with Crippen LogP contribution in [0.3, 0.4) is 0 Å². The van der Waals surface area contributed by atoms with Gasteiger partial charge in [0.05, 0.1) is 0 Å². The van der Waals surface area contributed by atoms with Crippen molar-refractivity contribution in [3.8, 4) is 5.75 Å². The molecule has 0 unspecified atom stereocenters. The van der Waals surface area contributed by atoms with Gasteiger partial charge in [0, 0.05) is 0 Å². The van der Waals surface area contributed by atoms with E-state index in [1.807, 2.05) is 0 Å². The van der Waals surface area contributed by atoms with E-state index in [1.165, 1.54) is 6.07 Å². The minimum absolute atomic E-state index is 0.00639.